The Labute approximate surface area is 62.8 Å². The highest BCUT2D eigenvalue weighted by atomic mass is 32.1. The highest BCUT2D eigenvalue weighted by molar-refractivity contribution is 7.80. The van der Waals surface area contributed by atoms with Crippen LogP contribution in [0.5, 0.6) is 0 Å². The predicted octanol–water partition coefficient (Wildman–Crippen LogP) is 2.66. The topological polar surface area (TPSA) is 0 Å². The van der Waals surface area contributed by atoms with Crippen LogP contribution < -0.4 is 0 Å². The number of hydrogen-bond acceptors (Lipinski definition) is 1. The van der Waals surface area contributed by atoms with Crippen LogP contribution in [0.15, 0.2) is 12.2 Å². The van der Waals surface area contributed by atoms with E-state index < -0.39 is 0 Å². The number of hydrogen-bond donors (Lipinski definition) is 1. The summed E-state index contributed by atoms with van der Waals surface area (Å²) in [6, 6.07) is 0. The van der Waals surface area contributed by atoms with Gasteiger partial charge in [0, 0.05) is 5.75 Å². The van der Waals surface area contributed by atoms with Crippen molar-refractivity contribution in [2.45, 2.75) is 25.7 Å². The Bertz CT molecular complexity index is 90.7. The van der Waals surface area contributed by atoms with E-state index in [9.17, 15) is 0 Å². The van der Waals surface area contributed by atoms with Crippen molar-refractivity contribution in [3.63, 3.8) is 0 Å². The monoisotopic (exact) mass is 142 g/mol. The summed E-state index contributed by atoms with van der Waals surface area (Å²) in [4.78, 5) is 0. The third-order valence-electron chi connectivity index (χ3n) is 1.91. The second-order valence-electron chi connectivity index (χ2n) is 2.66. The van der Waals surface area contributed by atoms with Crippen LogP contribution in [0.4, 0.5) is 0 Å². The summed E-state index contributed by atoms with van der Waals surface area (Å²) in [5, 5.41) is 0. The summed E-state index contributed by atoms with van der Waals surface area (Å²) >= 11 is 4.11. The van der Waals surface area contributed by atoms with Gasteiger partial charge >= 0.3 is 0 Å². The maximum atomic E-state index is 4.11. The molecular formula is C8H14S. The van der Waals surface area contributed by atoms with Crippen molar-refractivity contribution in [3.8, 4) is 0 Å². The van der Waals surface area contributed by atoms with Gasteiger partial charge in [-0.2, -0.15) is 12.6 Å². The molecule has 0 atom stereocenters. The SMILES string of the molecule is SC/C=C/C1CCCC1. The first-order valence-electron chi connectivity index (χ1n) is 3.71. The Morgan fingerprint density at radius 2 is 2.00 bits per heavy atom. The van der Waals surface area contributed by atoms with E-state index in [-0.39, 0.29) is 0 Å². The Kier molecular flexibility index (Phi) is 3.20. The molecule has 0 heterocycles. The van der Waals surface area contributed by atoms with E-state index in [2.05, 4.69) is 24.8 Å². The molecule has 1 fully saturated rings. The van der Waals surface area contributed by atoms with Crippen LogP contribution in [0.25, 0.3) is 0 Å². The smallest absolute Gasteiger partial charge is 0.00826 e. The summed E-state index contributed by atoms with van der Waals surface area (Å²) in [5.74, 6) is 1.79. The van der Waals surface area contributed by atoms with Crippen molar-refractivity contribution in [3.05, 3.63) is 12.2 Å². The quantitative estimate of drug-likeness (QED) is 0.445. The summed E-state index contributed by atoms with van der Waals surface area (Å²) in [7, 11) is 0. The Balaban J connectivity index is 2.18. The van der Waals surface area contributed by atoms with Crippen molar-refractivity contribution in [2.75, 3.05) is 5.75 Å². The van der Waals surface area contributed by atoms with Crippen LogP contribution >= 0.6 is 12.6 Å². The Morgan fingerprint density at radius 3 is 2.56 bits per heavy atom. The number of allylic oxidation sites excluding steroid dienone is 1. The van der Waals surface area contributed by atoms with Gasteiger partial charge in [0.05, 0.1) is 0 Å². The van der Waals surface area contributed by atoms with E-state index in [0.29, 0.717) is 0 Å². The molecule has 0 aromatic carbocycles. The number of rotatable bonds is 2. The number of thiol groups is 1. The normalized spacial score (nSPS) is 21.9. The average Bonchev–Trinajstić information content (AvgIpc) is 2.34. The second kappa shape index (κ2) is 3.99. The highest BCUT2D eigenvalue weighted by Crippen LogP contribution is 2.25. The first-order valence-corrected chi connectivity index (χ1v) is 4.34. The van der Waals surface area contributed by atoms with Crippen LogP contribution in [-0.2, 0) is 0 Å². The lowest BCUT2D eigenvalue weighted by molar-refractivity contribution is 0.685. The molecule has 1 rings (SSSR count). The zero-order chi connectivity index (χ0) is 6.53. The molecule has 0 aromatic rings. The van der Waals surface area contributed by atoms with Gasteiger partial charge in [-0.25, -0.2) is 0 Å². The summed E-state index contributed by atoms with van der Waals surface area (Å²) < 4.78 is 0. The van der Waals surface area contributed by atoms with Crippen LogP contribution in [-0.4, -0.2) is 5.75 Å². The molecule has 52 valence electrons. The van der Waals surface area contributed by atoms with Crippen molar-refractivity contribution in [1.82, 2.24) is 0 Å². The minimum absolute atomic E-state index is 0.886. The van der Waals surface area contributed by atoms with Crippen LogP contribution in [0.2, 0.25) is 0 Å². The molecule has 0 aromatic heterocycles. The van der Waals surface area contributed by atoms with Gasteiger partial charge in [-0.15, -0.1) is 0 Å². The minimum Gasteiger partial charge on any atom is -0.175 e. The third kappa shape index (κ3) is 2.44. The van der Waals surface area contributed by atoms with Crippen LogP contribution in [0.3, 0.4) is 0 Å². The van der Waals surface area contributed by atoms with E-state index in [1.54, 1.807) is 0 Å². The van der Waals surface area contributed by atoms with E-state index in [0.717, 1.165) is 11.7 Å². The molecule has 1 saturated carbocycles. The molecule has 0 amide bonds. The molecule has 0 bridgehead atoms. The molecule has 1 aliphatic carbocycles. The van der Waals surface area contributed by atoms with Gasteiger partial charge in [-0.1, -0.05) is 25.0 Å². The highest BCUT2D eigenvalue weighted by Gasteiger charge is 2.10. The molecule has 9 heavy (non-hydrogen) atoms. The largest absolute Gasteiger partial charge is 0.175 e. The van der Waals surface area contributed by atoms with Gasteiger partial charge in [0.2, 0.25) is 0 Å². The van der Waals surface area contributed by atoms with Crippen molar-refractivity contribution in [1.29, 1.82) is 0 Å². The fourth-order valence-electron chi connectivity index (χ4n) is 1.40. The van der Waals surface area contributed by atoms with E-state index in [4.69, 9.17) is 0 Å². The maximum Gasteiger partial charge on any atom is 0.00826 e. The predicted molar refractivity (Wildman–Crippen MR) is 45.0 cm³/mol. The molecule has 0 radical (unpaired) electrons. The first kappa shape index (κ1) is 7.20. The molecule has 0 unspecified atom stereocenters. The van der Waals surface area contributed by atoms with Crippen molar-refractivity contribution >= 4 is 12.6 Å². The zero-order valence-corrected chi connectivity index (χ0v) is 6.61. The molecular weight excluding hydrogens is 128 g/mol. The van der Waals surface area contributed by atoms with Crippen LogP contribution in [0.1, 0.15) is 25.7 Å². The molecule has 0 nitrogen and oxygen atoms in total. The fourth-order valence-corrected chi connectivity index (χ4v) is 1.52. The first-order chi connectivity index (χ1) is 4.43. The molecule has 0 saturated heterocycles. The Morgan fingerprint density at radius 1 is 1.33 bits per heavy atom. The third-order valence-corrected chi connectivity index (χ3v) is 2.12. The standard InChI is InChI=1S/C8H14S/c9-7-3-6-8-4-1-2-5-8/h3,6,8-9H,1-2,4-5,7H2/b6-3+. The van der Waals surface area contributed by atoms with E-state index in [1.807, 2.05) is 0 Å². The van der Waals surface area contributed by atoms with Gasteiger partial charge < -0.3 is 0 Å². The summed E-state index contributed by atoms with van der Waals surface area (Å²) in [6.45, 7) is 0. The van der Waals surface area contributed by atoms with Gasteiger partial charge in [-0.05, 0) is 18.8 Å². The van der Waals surface area contributed by atoms with Gasteiger partial charge in [0.1, 0.15) is 0 Å². The zero-order valence-electron chi connectivity index (χ0n) is 5.71. The van der Waals surface area contributed by atoms with E-state index >= 15 is 0 Å². The molecule has 1 heteroatoms. The molecule has 0 aliphatic heterocycles. The maximum absolute atomic E-state index is 4.11. The molecule has 0 N–H and O–H groups in total. The second-order valence-corrected chi connectivity index (χ2v) is 3.02. The lowest BCUT2D eigenvalue weighted by Gasteiger charge is -1.97. The van der Waals surface area contributed by atoms with Gasteiger partial charge in [-0.3, -0.25) is 0 Å². The van der Waals surface area contributed by atoms with Crippen molar-refractivity contribution in [2.24, 2.45) is 5.92 Å². The van der Waals surface area contributed by atoms with Crippen molar-refractivity contribution < 1.29 is 0 Å². The van der Waals surface area contributed by atoms with Gasteiger partial charge in [0.15, 0.2) is 0 Å². The Hall–Kier alpha value is 0.0900. The summed E-state index contributed by atoms with van der Waals surface area (Å²) in [6.07, 6.45) is 10.2. The fraction of sp³-hybridized carbons (Fsp3) is 0.750. The van der Waals surface area contributed by atoms with Gasteiger partial charge in [0.25, 0.3) is 0 Å². The molecule has 1 aliphatic rings. The average molecular weight is 142 g/mol. The summed E-state index contributed by atoms with van der Waals surface area (Å²) in [5.41, 5.74) is 0. The van der Waals surface area contributed by atoms with Crippen LogP contribution in [0, 0.1) is 5.92 Å². The lowest BCUT2D eigenvalue weighted by atomic mass is 10.1. The lowest BCUT2D eigenvalue weighted by Crippen LogP contribution is -1.84. The molecule has 0 spiro atoms. The minimum atomic E-state index is 0.886. The van der Waals surface area contributed by atoms with E-state index in [1.165, 1.54) is 25.7 Å².